The van der Waals surface area contributed by atoms with Crippen molar-refractivity contribution in [2.75, 3.05) is 18.4 Å². The molecular formula is C23H31BrN4O2Si. The van der Waals surface area contributed by atoms with Gasteiger partial charge in [-0.25, -0.2) is 4.79 Å². The molecule has 0 aromatic heterocycles. The van der Waals surface area contributed by atoms with Crippen molar-refractivity contribution in [3.8, 4) is 0 Å². The monoisotopic (exact) mass is 502 g/mol. The van der Waals surface area contributed by atoms with Crippen LogP contribution in [0.15, 0.2) is 44.9 Å². The number of amides is 3. The van der Waals surface area contributed by atoms with Crippen LogP contribution in [-0.2, 0) is 4.79 Å². The number of nitrogens with zero attached hydrogens (tertiary/aromatic N) is 2. The minimum Gasteiger partial charge on any atom is -0.311 e. The Bertz CT molecular complexity index is 1010. The van der Waals surface area contributed by atoms with E-state index in [9.17, 15) is 9.59 Å². The Balaban J connectivity index is 1.50. The predicted molar refractivity (Wildman–Crippen MR) is 131 cm³/mol. The Hall–Kier alpha value is -1.93. The van der Waals surface area contributed by atoms with E-state index in [1.54, 1.807) is 0 Å². The number of rotatable bonds is 3. The first kappa shape index (κ1) is 22.3. The molecule has 4 rings (SSSR count). The van der Waals surface area contributed by atoms with Gasteiger partial charge in [-0.2, -0.15) is 0 Å². The van der Waals surface area contributed by atoms with Gasteiger partial charge in [0.1, 0.15) is 5.84 Å². The van der Waals surface area contributed by atoms with E-state index in [0.29, 0.717) is 18.9 Å². The van der Waals surface area contributed by atoms with Crippen LogP contribution < -0.4 is 10.6 Å². The first-order valence-electron chi connectivity index (χ1n) is 10.9. The first-order chi connectivity index (χ1) is 14.5. The van der Waals surface area contributed by atoms with Gasteiger partial charge in [0.2, 0.25) is 5.91 Å². The molecule has 1 fully saturated rings. The summed E-state index contributed by atoms with van der Waals surface area (Å²) in [6.45, 7) is 11.9. The van der Waals surface area contributed by atoms with E-state index in [-0.39, 0.29) is 17.0 Å². The van der Waals surface area contributed by atoms with Gasteiger partial charge in [0, 0.05) is 15.1 Å². The molecule has 8 heteroatoms. The smallest absolute Gasteiger partial charge is 0.311 e. The summed E-state index contributed by atoms with van der Waals surface area (Å²) in [5.74, 6) is 0.785. The number of aliphatic imine (C=N–C) groups is 1. The standard InChI is InChI=1S/C23H31BrN4O2Si/c1-22(2)16-13-25-19(27-20(29)23(11-8-12-23)31(3,4)5)15(16)14-28(22)21(30)26-18-10-7-6-9-17(18)24/h6-7,9-10H,8,11-14H2,1-5H3,(H,26,30)(H,25,27,29). The summed E-state index contributed by atoms with van der Waals surface area (Å²) in [6.07, 6.45) is 3.06. The van der Waals surface area contributed by atoms with Crippen LogP contribution in [0.2, 0.25) is 24.7 Å². The topological polar surface area (TPSA) is 73.8 Å². The number of carbonyl (C=O) groups excluding carboxylic acids is 2. The lowest BCUT2D eigenvalue weighted by molar-refractivity contribution is -0.125. The lowest BCUT2D eigenvalue weighted by atomic mass is 9.83. The molecule has 6 nitrogen and oxygen atoms in total. The molecule has 2 heterocycles. The molecule has 0 saturated heterocycles. The third-order valence-corrected chi connectivity index (χ3v) is 11.7. The summed E-state index contributed by atoms with van der Waals surface area (Å²) in [6, 6.07) is 7.42. The minimum absolute atomic E-state index is 0.124. The van der Waals surface area contributed by atoms with E-state index in [1.807, 2.05) is 43.0 Å². The van der Waals surface area contributed by atoms with Gasteiger partial charge < -0.3 is 15.5 Å². The molecule has 0 unspecified atom stereocenters. The summed E-state index contributed by atoms with van der Waals surface area (Å²) in [5, 5.41) is 5.98. The number of amidine groups is 1. The van der Waals surface area contributed by atoms with Gasteiger partial charge in [-0.05, 0) is 60.3 Å². The van der Waals surface area contributed by atoms with Crippen molar-refractivity contribution < 1.29 is 9.59 Å². The lowest BCUT2D eigenvalue weighted by Crippen LogP contribution is -2.55. The molecule has 1 saturated carbocycles. The second kappa shape index (κ2) is 7.58. The third kappa shape index (κ3) is 3.57. The van der Waals surface area contributed by atoms with E-state index in [1.165, 1.54) is 0 Å². The lowest BCUT2D eigenvalue weighted by Gasteiger charge is -2.49. The molecule has 31 heavy (non-hydrogen) atoms. The SMILES string of the molecule is CC1(C)C2=C(CN1C(=O)Nc1ccccc1Br)C(NC(=O)C1([Si](C)(C)C)CCC1)=NC2. The summed E-state index contributed by atoms with van der Waals surface area (Å²) in [7, 11) is -1.66. The molecule has 166 valence electrons. The fraction of sp³-hybridized carbons (Fsp3) is 0.522. The minimum atomic E-state index is -1.66. The van der Waals surface area contributed by atoms with Crippen LogP contribution in [0, 0.1) is 0 Å². The van der Waals surface area contributed by atoms with Crippen molar-refractivity contribution in [2.45, 2.75) is 63.3 Å². The number of carbonyl (C=O) groups is 2. The average molecular weight is 504 g/mol. The van der Waals surface area contributed by atoms with E-state index in [4.69, 9.17) is 0 Å². The van der Waals surface area contributed by atoms with Crippen molar-refractivity contribution >= 4 is 47.5 Å². The quantitative estimate of drug-likeness (QED) is 0.559. The molecule has 0 bridgehead atoms. The highest BCUT2D eigenvalue weighted by molar-refractivity contribution is 9.10. The Morgan fingerprint density at radius 3 is 2.39 bits per heavy atom. The number of urea groups is 1. The normalized spacial score (nSPS) is 21.4. The Kier molecular flexibility index (Phi) is 5.45. The molecule has 1 aliphatic carbocycles. The molecule has 0 spiro atoms. The van der Waals surface area contributed by atoms with E-state index < -0.39 is 13.6 Å². The molecule has 2 aliphatic heterocycles. The fourth-order valence-electron chi connectivity index (χ4n) is 5.00. The van der Waals surface area contributed by atoms with Gasteiger partial charge in [0.05, 0.1) is 32.4 Å². The maximum absolute atomic E-state index is 13.3. The second-order valence-electron chi connectivity index (χ2n) is 10.3. The Morgan fingerprint density at radius 2 is 1.81 bits per heavy atom. The molecule has 3 amide bonds. The van der Waals surface area contributed by atoms with Crippen LogP contribution in [0.1, 0.15) is 33.1 Å². The van der Waals surface area contributed by atoms with Crippen molar-refractivity contribution in [2.24, 2.45) is 4.99 Å². The van der Waals surface area contributed by atoms with E-state index in [2.05, 4.69) is 51.2 Å². The van der Waals surface area contributed by atoms with Crippen molar-refractivity contribution in [3.05, 3.63) is 39.9 Å². The van der Waals surface area contributed by atoms with Crippen molar-refractivity contribution in [1.29, 1.82) is 0 Å². The van der Waals surface area contributed by atoms with Gasteiger partial charge in [0.25, 0.3) is 0 Å². The Labute approximate surface area is 193 Å². The highest BCUT2D eigenvalue weighted by Crippen LogP contribution is 2.55. The zero-order valence-electron chi connectivity index (χ0n) is 18.9. The molecule has 1 aromatic rings. The van der Waals surface area contributed by atoms with Gasteiger partial charge in [-0.3, -0.25) is 9.79 Å². The molecule has 0 radical (unpaired) electrons. The highest BCUT2D eigenvalue weighted by Gasteiger charge is 2.54. The summed E-state index contributed by atoms with van der Waals surface area (Å²) in [4.78, 5) is 32.9. The average Bonchev–Trinajstić information content (AvgIpc) is 3.13. The Morgan fingerprint density at radius 1 is 1.13 bits per heavy atom. The second-order valence-corrected chi connectivity index (χ2v) is 16.6. The van der Waals surface area contributed by atoms with Gasteiger partial charge >= 0.3 is 6.03 Å². The van der Waals surface area contributed by atoms with Crippen LogP contribution in [0.5, 0.6) is 0 Å². The van der Waals surface area contributed by atoms with Gasteiger partial charge in [-0.15, -0.1) is 0 Å². The number of hydrogen-bond acceptors (Lipinski definition) is 3. The number of hydrogen-bond donors (Lipinski definition) is 2. The van der Waals surface area contributed by atoms with Gasteiger partial charge in [-0.1, -0.05) is 38.2 Å². The summed E-state index contributed by atoms with van der Waals surface area (Å²) in [5.41, 5.74) is 2.37. The van der Waals surface area contributed by atoms with Crippen LogP contribution in [0.3, 0.4) is 0 Å². The summed E-state index contributed by atoms with van der Waals surface area (Å²) < 4.78 is 0.840. The van der Waals surface area contributed by atoms with Crippen molar-refractivity contribution in [3.63, 3.8) is 0 Å². The molecule has 1 aromatic carbocycles. The number of anilines is 1. The van der Waals surface area contributed by atoms with E-state index in [0.717, 1.165) is 40.6 Å². The van der Waals surface area contributed by atoms with Crippen LogP contribution in [0.4, 0.5) is 10.5 Å². The zero-order valence-corrected chi connectivity index (χ0v) is 21.5. The fourth-order valence-corrected chi connectivity index (χ4v) is 7.99. The third-order valence-electron chi connectivity index (χ3n) is 7.44. The number of para-hydroxylation sites is 1. The molecular weight excluding hydrogens is 472 g/mol. The molecule has 0 atom stereocenters. The number of nitrogens with one attached hydrogen (secondary N) is 2. The predicted octanol–water partition coefficient (Wildman–Crippen LogP) is 5.16. The van der Waals surface area contributed by atoms with E-state index >= 15 is 0 Å². The van der Waals surface area contributed by atoms with Crippen LogP contribution in [-0.4, -0.2) is 49.4 Å². The summed E-state index contributed by atoms with van der Waals surface area (Å²) >= 11 is 3.49. The first-order valence-corrected chi connectivity index (χ1v) is 15.2. The number of halogens is 1. The highest BCUT2D eigenvalue weighted by atomic mass is 79.9. The van der Waals surface area contributed by atoms with Gasteiger partial charge in [0.15, 0.2) is 0 Å². The van der Waals surface area contributed by atoms with Crippen LogP contribution in [0.25, 0.3) is 0 Å². The van der Waals surface area contributed by atoms with Crippen LogP contribution >= 0.6 is 15.9 Å². The maximum Gasteiger partial charge on any atom is 0.322 e. The maximum atomic E-state index is 13.3. The number of benzene rings is 1. The zero-order chi connectivity index (χ0) is 22.6. The molecule has 2 N–H and O–H groups in total. The van der Waals surface area contributed by atoms with Crippen molar-refractivity contribution in [1.82, 2.24) is 10.2 Å². The largest absolute Gasteiger partial charge is 0.322 e. The molecule has 3 aliphatic rings.